The van der Waals surface area contributed by atoms with E-state index in [1.807, 2.05) is 10.9 Å². The molecule has 2 nitrogen and oxygen atoms in total. The van der Waals surface area contributed by atoms with Crippen LogP contribution in [0.3, 0.4) is 0 Å². The lowest BCUT2D eigenvalue weighted by molar-refractivity contribution is 0.531. The number of rotatable bonds is 2. The van der Waals surface area contributed by atoms with Gasteiger partial charge in [-0.2, -0.15) is 5.10 Å². The Kier molecular flexibility index (Phi) is 2.32. The molecule has 0 saturated heterocycles. The molecule has 0 aliphatic carbocycles. The van der Waals surface area contributed by atoms with Crippen LogP contribution in [0.1, 0.15) is 45.2 Å². The fourth-order valence-electron chi connectivity index (χ4n) is 0.933. The van der Waals surface area contributed by atoms with E-state index in [2.05, 4.69) is 39.0 Å². The van der Waals surface area contributed by atoms with Crippen molar-refractivity contribution >= 4 is 0 Å². The van der Waals surface area contributed by atoms with Crippen LogP contribution in [0.25, 0.3) is 0 Å². The summed E-state index contributed by atoms with van der Waals surface area (Å²) in [5.41, 5.74) is 1.32. The van der Waals surface area contributed by atoms with Gasteiger partial charge in [0, 0.05) is 12.2 Å². The number of hydrogen-bond donors (Lipinski definition) is 0. The average Bonchev–Trinajstić information content (AvgIpc) is 2.33. The molecule has 1 rings (SSSR count). The first-order valence-corrected chi connectivity index (χ1v) is 4.15. The summed E-state index contributed by atoms with van der Waals surface area (Å²) in [5.74, 6) is 0.586. The van der Waals surface area contributed by atoms with E-state index in [1.54, 1.807) is 0 Å². The van der Waals surface area contributed by atoms with Crippen molar-refractivity contribution in [2.24, 2.45) is 0 Å². The van der Waals surface area contributed by atoms with Crippen molar-refractivity contribution < 1.29 is 0 Å². The molecule has 0 unspecified atom stereocenters. The summed E-state index contributed by atoms with van der Waals surface area (Å²) in [6.07, 6.45) is 4.07. The zero-order chi connectivity index (χ0) is 8.43. The van der Waals surface area contributed by atoms with Crippen LogP contribution >= 0.6 is 0 Å². The Labute approximate surface area is 68.2 Å². The van der Waals surface area contributed by atoms with Crippen molar-refractivity contribution in [3.63, 3.8) is 0 Å². The summed E-state index contributed by atoms with van der Waals surface area (Å²) >= 11 is 0. The molecule has 0 spiro atoms. The molecule has 0 saturated carbocycles. The summed E-state index contributed by atoms with van der Waals surface area (Å²) in [4.78, 5) is 0. The number of aromatic nitrogens is 2. The van der Waals surface area contributed by atoms with Crippen LogP contribution in [-0.4, -0.2) is 9.78 Å². The molecule has 0 atom stereocenters. The van der Waals surface area contributed by atoms with Gasteiger partial charge in [-0.3, -0.25) is 4.68 Å². The highest BCUT2D eigenvalue weighted by molar-refractivity contribution is 5.08. The standard InChI is InChI=1S/C9H16N2/c1-7(2)9-5-10-11(6-9)8(3)4/h5-8H,1-4H3. The van der Waals surface area contributed by atoms with Crippen molar-refractivity contribution in [1.29, 1.82) is 0 Å². The highest BCUT2D eigenvalue weighted by Gasteiger charge is 2.03. The maximum absolute atomic E-state index is 4.25. The van der Waals surface area contributed by atoms with Gasteiger partial charge in [0.15, 0.2) is 0 Å². The predicted molar refractivity (Wildman–Crippen MR) is 46.7 cm³/mol. The van der Waals surface area contributed by atoms with Crippen LogP contribution in [0, 0.1) is 0 Å². The Balaban J connectivity index is 2.82. The van der Waals surface area contributed by atoms with E-state index in [1.165, 1.54) is 5.56 Å². The molecular weight excluding hydrogens is 136 g/mol. The smallest absolute Gasteiger partial charge is 0.0524 e. The minimum Gasteiger partial charge on any atom is -0.270 e. The summed E-state index contributed by atoms with van der Waals surface area (Å²) in [6.45, 7) is 8.64. The van der Waals surface area contributed by atoms with Gasteiger partial charge in [-0.25, -0.2) is 0 Å². The Morgan fingerprint density at radius 3 is 2.18 bits per heavy atom. The molecule has 0 fully saturated rings. The first-order valence-electron chi connectivity index (χ1n) is 4.15. The molecule has 0 N–H and O–H groups in total. The molecule has 0 radical (unpaired) electrons. The van der Waals surface area contributed by atoms with E-state index in [9.17, 15) is 0 Å². The molecule has 2 heteroatoms. The first kappa shape index (κ1) is 8.31. The van der Waals surface area contributed by atoms with Gasteiger partial charge in [0.05, 0.1) is 6.20 Å². The molecule has 0 aliphatic rings. The van der Waals surface area contributed by atoms with Gasteiger partial charge in [0.2, 0.25) is 0 Å². The second-order valence-electron chi connectivity index (χ2n) is 3.50. The third-order valence-electron chi connectivity index (χ3n) is 1.82. The average molecular weight is 152 g/mol. The highest BCUT2D eigenvalue weighted by Crippen LogP contribution is 2.14. The van der Waals surface area contributed by atoms with Crippen LogP contribution in [0.4, 0.5) is 0 Å². The fourth-order valence-corrected chi connectivity index (χ4v) is 0.933. The van der Waals surface area contributed by atoms with Crippen LogP contribution < -0.4 is 0 Å². The summed E-state index contributed by atoms with van der Waals surface area (Å²) in [5, 5.41) is 4.25. The van der Waals surface area contributed by atoms with Crippen molar-refractivity contribution in [2.45, 2.75) is 39.7 Å². The van der Waals surface area contributed by atoms with Gasteiger partial charge < -0.3 is 0 Å². The van der Waals surface area contributed by atoms with Gasteiger partial charge in [0.25, 0.3) is 0 Å². The van der Waals surface area contributed by atoms with E-state index < -0.39 is 0 Å². The lowest BCUT2D eigenvalue weighted by atomic mass is 10.1. The van der Waals surface area contributed by atoms with E-state index >= 15 is 0 Å². The van der Waals surface area contributed by atoms with Crippen molar-refractivity contribution in [1.82, 2.24) is 9.78 Å². The number of nitrogens with zero attached hydrogens (tertiary/aromatic N) is 2. The minimum atomic E-state index is 0.475. The van der Waals surface area contributed by atoms with E-state index in [-0.39, 0.29) is 0 Å². The molecule has 62 valence electrons. The lowest BCUT2D eigenvalue weighted by Crippen LogP contribution is -1.99. The normalized spacial score (nSPS) is 11.5. The third kappa shape index (κ3) is 1.82. The SMILES string of the molecule is CC(C)c1cnn(C(C)C)c1. The van der Waals surface area contributed by atoms with Crippen LogP contribution in [-0.2, 0) is 0 Å². The molecule has 0 aromatic carbocycles. The zero-order valence-electron chi connectivity index (χ0n) is 7.70. The van der Waals surface area contributed by atoms with Gasteiger partial charge >= 0.3 is 0 Å². The molecule has 0 bridgehead atoms. The summed E-state index contributed by atoms with van der Waals surface area (Å²) < 4.78 is 2.00. The second kappa shape index (κ2) is 3.07. The van der Waals surface area contributed by atoms with E-state index in [0.29, 0.717) is 12.0 Å². The van der Waals surface area contributed by atoms with Gasteiger partial charge in [0.1, 0.15) is 0 Å². The maximum Gasteiger partial charge on any atom is 0.0524 e. The fraction of sp³-hybridized carbons (Fsp3) is 0.667. The molecule has 0 aliphatic heterocycles. The van der Waals surface area contributed by atoms with Crippen molar-refractivity contribution in [3.05, 3.63) is 18.0 Å². The quantitative estimate of drug-likeness (QED) is 0.637. The molecule has 0 amide bonds. The van der Waals surface area contributed by atoms with Crippen molar-refractivity contribution in [2.75, 3.05) is 0 Å². The minimum absolute atomic E-state index is 0.475. The zero-order valence-corrected chi connectivity index (χ0v) is 7.70. The lowest BCUT2D eigenvalue weighted by Gasteiger charge is -2.03. The Hall–Kier alpha value is -0.790. The summed E-state index contributed by atoms with van der Waals surface area (Å²) in [6, 6.07) is 0.475. The highest BCUT2D eigenvalue weighted by atomic mass is 15.3. The van der Waals surface area contributed by atoms with Gasteiger partial charge in [-0.05, 0) is 25.3 Å². The predicted octanol–water partition coefficient (Wildman–Crippen LogP) is 2.59. The van der Waals surface area contributed by atoms with Crippen LogP contribution in [0.2, 0.25) is 0 Å². The molecule has 1 aromatic rings. The first-order chi connectivity index (χ1) is 5.11. The van der Waals surface area contributed by atoms with E-state index in [4.69, 9.17) is 0 Å². The van der Waals surface area contributed by atoms with E-state index in [0.717, 1.165) is 0 Å². The van der Waals surface area contributed by atoms with Gasteiger partial charge in [-0.1, -0.05) is 13.8 Å². The largest absolute Gasteiger partial charge is 0.270 e. The molecular formula is C9H16N2. The second-order valence-corrected chi connectivity index (χ2v) is 3.50. The van der Waals surface area contributed by atoms with Gasteiger partial charge in [-0.15, -0.1) is 0 Å². The Morgan fingerprint density at radius 1 is 1.27 bits per heavy atom. The van der Waals surface area contributed by atoms with Crippen LogP contribution in [0.5, 0.6) is 0 Å². The Morgan fingerprint density at radius 2 is 1.91 bits per heavy atom. The monoisotopic (exact) mass is 152 g/mol. The number of hydrogen-bond acceptors (Lipinski definition) is 1. The molecule has 11 heavy (non-hydrogen) atoms. The van der Waals surface area contributed by atoms with Crippen LogP contribution in [0.15, 0.2) is 12.4 Å². The Bertz CT molecular complexity index is 201. The summed E-state index contributed by atoms with van der Waals surface area (Å²) in [7, 11) is 0. The molecule has 1 aromatic heterocycles. The topological polar surface area (TPSA) is 17.8 Å². The van der Waals surface area contributed by atoms with Crippen molar-refractivity contribution in [3.8, 4) is 0 Å². The third-order valence-corrected chi connectivity index (χ3v) is 1.82. The maximum atomic E-state index is 4.25. The molecule has 1 heterocycles.